The fourth-order valence-electron chi connectivity index (χ4n) is 1.44. The highest BCUT2D eigenvalue weighted by atomic mass is 16.5. The molecular formula is C13H18N2O. The van der Waals surface area contributed by atoms with Crippen LogP contribution in [0.5, 0.6) is 5.75 Å². The van der Waals surface area contributed by atoms with Crippen LogP contribution >= 0.6 is 0 Å². The van der Waals surface area contributed by atoms with Crippen LogP contribution in [-0.4, -0.2) is 18.1 Å². The van der Waals surface area contributed by atoms with Crippen molar-refractivity contribution >= 4 is 0 Å². The van der Waals surface area contributed by atoms with Gasteiger partial charge >= 0.3 is 0 Å². The van der Waals surface area contributed by atoms with Gasteiger partial charge < -0.3 is 10.1 Å². The van der Waals surface area contributed by atoms with Gasteiger partial charge in [0.15, 0.2) is 0 Å². The van der Waals surface area contributed by atoms with E-state index in [4.69, 9.17) is 11.2 Å². The maximum atomic E-state index is 5.24. The molecule has 3 heteroatoms. The largest absolute Gasteiger partial charge is 0.497 e. The van der Waals surface area contributed by atoms with E-state index in [0.29, 0.717) is 12.6 Å². The second kappa shape index (κ2) is 6.14. The Labute approximate surface area is 97.2 Å². The van der Waals surface area contributed by atoms with Crippen LogP contribution in [0.3, 0.4) is 0 Å². The van der Waals surface area contributed by atoms with Gasteiger partial charge in [0.1, 0.15) is 5.75 Å². The van der Waals surface area contributed by atoms with Crippen molar-refractivity contribution in [1.82, 2.24) is 10.3 Å². The zero-order chi connectivity index (χ0) is 12.0. The number of hydrogen-bond donors (Lipinski definition) is 1. The van der Waals surface area contributed by atoms with Crippen molar-refractivity contribution in [2.75, 3.05) is 7.11 Å². The first-order valence-corrected chi connectivity index (χ1v) is 5.34. The summed E-state index contributed by atoms with van der Waals surface area (Å²) >= 11 is 0. The van der Waals surface area contributed by atoms with Crippen LogP contribution in [0.4, 0.5) is 0 Å². The molecule has 0 aliphatic carbocycles. The molecule has 0 aliphatic rings. The van der Waals surface area contributed by atoms with Crippen molar-refractivity contribution in [3.63, 3.8) is 0 Å². The maximum absolute atomic E-state index is 5.24. The summed E-state index contributed by atoms with van der Waals surface area (Å²) in [6, 6.07) is 4.15. The summed E-state index contributed by atoms with van der Waals surface area (Å²) in [4.78, 5) is 4.42. The van der Waals surface area contributed by atoms with Gasteiger partial charge in [-0.3, -0.25) is 4.98 Å². The highest BCUT2D eigenvalue weighted by Gasteiger charge is 2.03. The minimum Gasteiger partial charge on any atom is -0.497 e. The minimum atomic E-state index is 0.304. The van der Waals surface area contributed by atoms with Crippen molar-refractivity contribution in [2.45, 2.75) is 32.9 Å². The third kappa shape index (κ3) is 3.92. The summed E-state index contributed by atoms with van der Waals surface area (Å²) in [7, 11) is 1.66. The number of hydrogen-bond acceptors (Lipinski definition) is 3. The highest BCUT2D eigenvalue weighted by molar-refractivity contribution is 5.26. The summed E-state index contributed by atoms with van der Waals surface area (Å²) in [5.74, 6) is 3.47. The van der Waals surface area contributed by atoms with Gasteiger partial charge in [-0.2, -0.15) is 0 Å². The molecule has 0 saturated heterocycles. The van der Waals surface area contributed by atoms with E-state index in [1.54, 1.807) is 7.11 Å². The molecule has 1 heterocycles. The number of aryl methyl sites for hydroxylation is 1. The molecule has 0 fully saturated rings. The first-order chi connectivity index (χ1) is 7.65. The summed E-state index contributed by atoms with van der Waals surface area (Å²) in [6.45, 7) is 4.73. The normalized spacial score (nSPS) is 11.9. The second-order valence-electron chi connectivity index (χ2n) is 3.83. The van der Waals surface area contributed by atoms with Gasteiger partial charge in [0.2, 0.25) is 0 Å². The summed E-state index contributed by atoms with van der Waals surface area (Å²) in [5, 5.41) is 3.32. The molecule has 1 rings (SSSR count). The Balaban J connectivity index is 2.60. The number of terminal acetylenes is 1. The van der Waals surface area contributed by atoms with E-state index in [1.807, 2.05) is 19.1 Å². The maximum Gasteiger partial charge on any atom is 0.122 e. The fourth-order valence-corrected chi connectivity index (χ4v) is 1.44. The third-order valence-corrected chi connectivity index (χ3v) is 2.27. The lowest BCUT2D eigenvalue weighted by molar-refractivity contribution is 0.412. The molecule has 0 amide bonds. The number of pyridine rings is 1. The molecule has 0 saturated carbocycles. The lowest BCUT2D eigenvalue weighted by Crippen LogP contribution is -2.25. The Kier molecular flexibility index (Phi) is 4.81. The molecular weight excluding hydrogens is 200 g/mol. The summed E-state index contributed by atoms with van der Waals surface area (Å²) in [5.41, 5.74) is 1.93. The van der Waals surface area contributed by atoms with Crippen LogP contribution in [0.2, 0.25) is 0 Å². The average molecular weight is 218 g/mol. The number of aromatic nitrogens is 1. The smallest absolute Gasteiger partial charge is 0.122 e. The zero-order valence-corrected chi connectivity index (χ0v) is 10.1. The van der Waals surface area contributed by atoms with E-state index in [0.717, 1.165) is 23.6 Å². The Morgan fingerprint density at radius 3 is 2.94 bits per heavy atom. The van der Waals surface area contributed by atoms with Gasteiger partial charge in [0.05, 0.1) is 12.8 Å². The lowest BCUT2D eigenvalue weighted by Gasteiger charge is -2.11. The van der Waals surface area contributed by atoms with Crippen molar-refractivity contribution < 1.29 is 4.74 Å². The first kappa shape index (κ1) is 12.5. The fraction of sp³-hybridized carbons (Fsp3) is 0.462. The second-order valence-corrected chi connectivity index (χ2v) is 3.83. The van der Waals surface area contributed by atoms with Gasteiger partial charge in [-0.25, -0.2) is 0 Å². The molecule has 16 heavy (non-hydrogen) atoms. The number of rotatable bonds is 5. The van der Waals surface area contributed by atoms with Crippen molar-refractivity contribution in [2.24, 2.45) is 0 Å². The molecule has 1 aromatic heterocycles. The van der Waals surface area contributed by atoms with Crippen LogP contribution in [0.1, 0.15) is 24.7 Å². The van der Waals surface area contributed by atoms with Crippen molar-refractivity contribution in [3.8, 4) is 18.1 Å². The minimum absolute atomic E-state index is 0.304. The van der Waals surface area contributed by atoms with E-state index >= 15 is 0 Å². The van der Waals surface area contributed by atoms with Gasteiger partial charge in [-0.05, 0) is 13.8 Å². The molecule has 1 atom stereocenters. The molecule has 86 valence electrons. The highest BCUT2D eigenvalue weighted by Crippen LogP contribution is 2.13. The Morgan fingerprint density at radius 2 is 2.31 bits per heavy atom. The van der Waals surface area contributed by atoms with Crippen LogP contribution in [0, 0.1) is 19.3 Å². The molecule has 1 unspecified atom stereocenters. The molecule has 0 spiro atoms. The third-order valence-electron chi connectivity index (χ3n) is 2.27. The lowest BCUT2D eigenvalue weighted by atomic mass is 10.2. The molecule has 1 N–H and O–H groups in total. The predicted molar refractivity (Wildman–Crippen MR) is 65.3 cm³/mol. The topological polar surface area (TPSA) is 34.1 Å². The van der Waals surface area contributed by atoms with Crippen LogP contribution in [-0.2, 0) is 6.54 Å². The van der Waals surface area contributed by atoms with Crippen LogP contribution in [0.15, 0.2) is 12.1 Å². The molecule has 0 aromatic carbocycles. The zero-order valence-electron chi connectivity index (χ0n) is 10.1. The number of ether oxygens (including phenoxy) is 1. The Morgan fingerprint density at radius 1 is 1.56 bits per heavy atom. The number of methoxy groups -OCH3 is 1. The van der Waals surface area contributed by atoms with E-state index in [-0.39, 0.29) is 0 Å². The van der Waals surface area contributed by atoms with E-state index in [1.165, 1.54) is 0 Å². The Bertz CT molecular complexity index is 382. The van der Waals surface area contributed by atoms with E-state index in [2.05, 4.69) is 23.1 Å². The van der Waals surface area contributed by atoms with Gasteiger partial charge in [0, 0.05) is 36.8 Å². The molecule has 1 aromatic rings. The first-order valence-electron chi connectivity index (χ1n) is 5.34. The molecule has 0 radical (unpaired) electrons. The SMILES string of the molecule is C#CCC(C)NCc1cc(OC)cc(C)n1. The average Bonchev–Trinajstić information content (AvgIpc) is 2.26. The standard InChI is InChI=1S/C13H18N2O/c1-5-6-10(2)14-9-12-8-13(16-4)7-11(3)15-12/h1,7-8,10,14H,6,9H2,2-4H3. The molecule has 0 aliphatic heterocycles. The Hall–Kier alpha value is -1.53. The van der Waals surface area contributed by atoms with Crippen LogP contribution < -0.4 is 10.1 Å². The van der Waals surface area contributed by atoms with Crippen molar-refractivity contribution in [3.05, 3.63) is 23.5 Å². The quantitative estimate of drug-likeness (QED) is 0.766. The van der Waals surface area contributed by atoms with Crippen LogP contribution in [0.25, 0.3) is 0 Å². The summed E-state index contributed by atoms with van der Waals surface area (Å²) < 4.78 is 5.19. The van der Waals surface area contributed by atoms with Gasteiger partial charge in [-0.1, -0.05) is 0 Å². The molecule has 0 bridgehead atoms. The van der Waals surface area contributed by atoms with E-state index < -0.39 is 0 Å². The van der Waals surface area contributed by atoms with Crippen molar-refractivity contribution in [1.29, 1.82) is 0 Å². The van der Waals surface area contributed by atoms with Gasteiger partial charge in [0.25, 0.3) is 0 Å². The number of nitrogens with one attached hydrogen (secondary N) is 1. The summed E-state index contributed by atoms with van der Waals surface area (Å²) in [6.07, 6.45) is 5.97. The molecule has 3 nitrogen and oxygen atoms in total. The monoisotopic (exact) mass is 218 g/mol. The number of nitrogens with zero attached hydrogens (tertiary/aromatic N) is 1. The van der Waals surface area contributed by atoms with E-state index in [9.17, 15) is 0 Å². The predicted octanol–water partition coefficient (Wildman–Crippen LogP) is 1.90. The van der Waals surface area contributed by atoms with Gasteiger partial charge in [-0.15, -0.1) is 12.3 Å².